The van der Waals surface area contributed by atoms with Crippen LogP contribution in [-0.2, 0) is 0 Å². The zero-order valence-electron chi connectivity index (χ0n) is 13.3. The second-order valence-corrected chi connectivity index (χ2v) is 5.05. The van der Waals surface area contributed by atoms with Gasteiger partial charge in [-0.05, 0) is 24.6 Å². The highest BCUT2D eigenvalue weighted by Crippen LogP contribution is 2.20. The monoisotopic (exact) mass is 328 g/mol. The minimum absolute atomic E-state index is 0.0172. The van der Waals surface area contributed by atoms with Gasteiger partial charge >= 0.3 is 0 Å². The van der Waals surface area contributed by atoms with E-state index in [1.165, 1.54) is 6.20 Å². The zero-order chi connectivity index (χ0) is 17.5. The maximum Gasteiger partial charge on any atom is 0.254 e. The molecule has 0 atom stereocenters. The Kier molecular flexibility index (Phi) is 5.50. The first-order chi connectivity index (χ1) is 11.5. The Bertz CT molecular complexity index is 755. The molecule has 0 unspecified atom stereocenters. The van der Waals surface area contributed by atoms with Gasteiger partial charge in [0.15, 0.2) is 5.96 Å². The molecule has 0 radical (unpaired) electrons. The molecule has 9 heteroatoms. The van der Waals surface area contributed by atoms with Gasteiger partial charge in [-0.1, -0.05) is 12.1 Å². The average molecular weight is 328 g/mol. The molecular formula is C15H20N8O. The topological polar surface area (TPSA) is 157 Å². The Hall–Kier alpha value is -3.36. The highest BCUT2D eigenvalue weighted by molar-refractivity contribution is 5.98. The van der Waals surface area contributed by atoms with Crippen LogP contribution in [0.1, 0.15) is 15.9 Å². The number of nitrogens with one attached hydrogen (secondary N) is 2. The summed E-state index contributed by atoms with van der Waals surface area (Å²) in [6.45, 7) is 2.79. The van der Waals surface area contributed by atoms with Crippen LogP contribution in [-0.4, -0.2) is 34.9 Å². The lowest BCUT2D eigenvalue weighted by molar-refractivity contribution is 0.100. The van der Waals surface area contributed by atoms with E-state index in [0.717, 1.165) is 11.3 Å². The fraction of sp³-hybridized carbons (Fsp3) is 0.200. The number of nitrogens with zero attached hydrogens (tertiary/aromatic N) is 3. The Balaban J connectivity index is 2.18. The summed E-state index contributed by atoms with van der Waals surface area (Å²) in [5.41, 5.74) is 18.0. The number of aromatic nitrogens is 2. The second kappa shape index (κ2) is 7.77. The van der Waals surface area contributed by atoms with Crippen LogP contribution in [0.15, 0.2) is 35.5 Å². The molecule has 8 N–H and O–H groups in total. The van der Waals surface area contributed by atoms with E-state index in [9.17, 15) is 4.79 Å². The van der Waals surface area contributed by atoms with Crippen molar-refractivity contribution >= 4 is 29.3 Å². The quantitative estimate of drug-likeness (QED) is 0.278. The maximum absolute atomic E-state index is 11.6. The number of aliphatic imine (C=N–C) groups is 1. The lowest BCUT2D eigenvalue weighted by Crippen LogP contribution is -2.24. The number of hydrogen-bond acceptors (Lipinski definition) is 6. The molecule has 1 heterocycles. The van der Waals surface area contributed by atoms with E-state index in [4.69, 9.17) is 17.2 Å². The van der Waals surface area contributed by atoms with Gasteiger partial charge in [-0.2, -0.15) is 4.98 Å². The van der Waals surface area contributed by atoms with Gasteiger partial charge < -0.3 is 27.8 Å². The van der Waals surface area contributed by atoms with Crippen molar-refractivity contribution in [1.82, 2.24) is 9.97 Å². The van der Waals surface area contributed by atoms with Crippen molar-refractivity contribution in [3.8, 4) is 0 Å². The summed E-state index contributed by atoms with van der Waals surface area (Å²) in [5.74, 6) is 0.0641. The molecule has 2 rings (SSSR count). The highest BCUT2D eigenvalue weighted by Gasteiger charge is 2.12. The summed E-state index contributed by atoms with van der Waals surface area (Å²) in [7, 11) is 0. The molecule has 0 saturated heterocycles. The van der Waals surface area contributed by atoms with E-state index in [1.54, 1.807) is 0 Å². The van der Waals surface area contributed by atoms with Gasteiger partial charge in [0.2, 0.25) is 5.95 Å². The minimum Gasteiger partial charge on any atom is -0.370 e. The number of primary amides is 1. The molecule has 1 aromatic carbocycles. The number of rotatable bonds is 7. The predicted molar refractivity (Wildman–Crippen MR) is 94.2 cm³/mol. The zero-order valence-corrected chi connectivity index (χ0v) is 13.3. The van der Waals surface area contributed by atoms with Crippen LogP contribution in [0, 0.1) is 6.92 Å². The summed E-state index contributed by atoms with van der Waals surface area (Å²) >= 11 is 0. The number of nitrogens with two attached hydrogens (primary N) is 3. The fourth-order valence-corrected chi connectivity index (χ4v) is 1.95. The van der Waals surface area contributed by atoms with Gasteiger partial charge in [-0.25, -0.2) is 4.98 Å². The summed E-state index contributed by atoms with van der Waals surface area (Å²) in [5, 5.41) is 6.06. The first-order valence-electron chi connectivity index (χ1n) is 7.25. The third kappa shape index (κ3) is 4.83. The van der Waals surface area contributed by atoms with Gasteiger partial charge in [0, 0.05) is 18.4 Å². The van der Waals surface area contributed by atoms with Crippen molar-refractivity contribution < 1.29 is 4.79 Å². The van der Waals surface area contributed by atoms with Crippen molar-refractivity contribution in [2.24, 2.45) is 22.2 Å². The van der Waals surface area contributed by atoms with Crippen LogP contribution in [0.25, 0.3) is 0 Å². The molecular weight excluding hydrogens is 308 g/mol. The van der Waals surface area contributed by atoms with E-state index in [1.807, 2.05) is 31.2 Å². The first-order valence-corrected chi connectivity index (χ1v) is 7.25. The molecule has 0 spiro atoms. The SMILES string of the molecule is Cc1cccc(Nc2nc(NCCN=C(N)N)ncc2C(N)=O)c1. The summed E-state index contributed by atoms with van der Waals surface area (Å²) in [6.07, 6.45) is 1.37. The molecule has 0 fully saturated rings. The largest absolute Gasteiger partial charge is 0.370 e. The Labute approximate surface area is 139 Å². The Morgan fingerprint density at radius 3 is 2.75 bits per heavy atom. The van der Waals surface area contributed by atoms with Crippen molar-refractivity contribution in [2.45, 2.75) is 6.92 Å². The Morgan fingerprint density at radius 1 is 1.29 bits per heavy atom. The molecule has 9 nitrogen and oxygen atoms in total. The third-order valence-electron chi connectivity index (χ3n) is 3.02. The van der Waals surface area contributed by atoms with Crippen LogP contribution in [0.5, 0.6) is 0 Å². The molecule has 0 aliphatic rings. The van der Waals surface area contributed by atoms with E-state index < -0.39 is 5.91 Å². The summed E-state index contributed by atoms with van der Waals surface area (Å²) in [6, 6.07) is 7.67. The van der Waals surface area contributed by atoms with Crippen LogP contribution in [0.2, 0.25) is 0 Å². The van der Waals surface area contributed by atoms with Gasteiger partial charge in [0.1, 0.15) is 11.4 Å². The number of aryl methyl sites for hydroxylation is 1. The number of guanidine groups is 1. The van der Waals surface area contributed by atoms with Gasteiger partial charge in [-0.15, -0.1) is 0 Å². The standard InChI is InChI=1S/C15H20N8O/c1-9-3-2-4-10(7-9)22-13-11(12(16)24)8-21-15(23-13)20-6-5-19-14(17)18/h2-4,7-8H,5-6H2,1H3,(H2,16,24)(H4,17,18,19)(H2,20,21,22,23). The van der Waals surface area contributed by atoms with Gasteiger partial charge in [0.25, 0.3) is 5.91 Å². The number of benzene rings is 1. The maximum atomic E-state index is 11.6. The first kappa shape index (κ1) is 17.0. The molecule has 0 saturated carbocycles. The second-order valence-electron chi connectivity index (χ2n) is 5.05. The smallest absolute Gasteiger partial charge is 0.254 e. The van der Waals surface area contributed by atoms with E-state index in [-0.39, 0.29) is 11.5 Å². The summed E-state index contributed by atoms with van der Waals surface area (Å²) in [4.78, 5) is 23.8. The van der Waals surface area contributed by atoms with E-state index in [0.29, 0.717) is 24.9 Å². The molecule has 0 bridgehead atoms. The van der Waals surface area contributed by atoms with Crippen molar-refractivity contribution in [3.05, 3.63) is 41.6 Å². The van der Waals surface area contributed by atoms with Crippen LogP contribution in [0.3, 0.4) is 0 Å². The molecule has 126 valence electrons. The van der Waals surface area contributed by atoms with Crippen molar-refractivity contribution in [2.75, 3.05) is 23.7 Å². The summed E-state index contributed by atoms with van der Waals surface area (Å²) < 4.78 is 0. The fourth-order valence-electron chi connectivity index (χ4n) is 1.95. The number of amides is 1. The molecule has 0 aliphatic heterocycles. The van der Waals surface area contributed by atoms with Crippen LogP contribution < -0.4 is 27.8 Å². The number of hydrogen-bond donors (Lipinski definition) is 5. The van der Waals surface area contributed by atoms with E-state index in [2.05, 4.69) is 25.6 Å². The lowest BCUT2D eigenvalue weighted by atomic mass is 10.2. The number of carbonyl (C=O) groups is 1. The van der Waals surface area contributed by atoms with Gasteiger partial charge in [-0.3, -0.25) is 9.79 Å². The molecule has 24 heavy (non-hydrogen) atoms. The van der Waals surface area contributed by atoms with Crippen LogP contribution >= 0.6 is 0 Å². The highest BCUT2D eigenvalue weighted by atomic mass is 16.1. The minimum atomic E-state index is -0.614. The molecule has 1 amide bonds. The molecule has 2 aromatic rings. The Morgan fingerprint density at radius 2 is 2.08 bits per heavy atom. The lowest BCUT2D eigenvalue weighted by Gasteiger charge is -2.11. The molecule has 1 aromatic heterocycles. The normalized spacial score (nSPS) is 10.0. The van der Waals surface area contributed by atoms with E-state index >= 15 is 0 Å². The number of anilines is 3. The number of carbonyl (C=O) groups excluding carboxylic acids is 1. The van der Waals surface area contributed by atoms with Crippen LogP contribution in [0.4, 0.5) is 17.5 Å². The van der Waals surface area contributed by atoms with Crippen molar-refractivity contribution in [3.63, 3.8) is 0 Å². The average Bonchev–Trinajstić information content (AvgIpc) is 2.51. The predicted octanol–water partition coefficient (Wildman–Crippen LogP) is 0.313. The molecule has 0 aliphatic carbocycles. The van der Waals surface area contributed by atoms with Crippen molar-refractivity contribution in [1.29, 1.82) is 0 Å². The van der Waals surface area contributed by atoms with Gasteiger partial charge in [0.05, 0.1) is 6.54 Å². The third-order valence-corrected chi connectivity index (χ3v) is 3.02.